The summed E-state index contributed by atoms with van der Waals surface area (Å²) in [5.41, 5.74) is 1.88. The number of nitrogens with zero attached hydrogens (tertiary/aromatic N) is 3. The molecule has 0 radical (unpaired) electrons. The van der Waals surface area contributed by atoms with Crippen LogP contribution in [0.15, 0.2) is 28.2 Å². The summed E-state index contributed by atoms with van der Waals surface area (Å²) < 4.78 is 6.34. The third-order valence-electron chi connectivity index (χ3n) is 2.69. The minimum Gasteiger partial charge on any atom is -0.338 e. The molecule has 1 N–H and O–H groups in total. The topological polar surface area (TPSA) is 63.8 Å². The highest BCUT2D eigenvalue weighted by molar-refractivity contribution is 7.17. The molecule has 0 aliphatic rings. The van der Waals surface area contributed by atoms with E-state index < -0.39 is 0 Å². The summed E-state index contributed by atoms with van der Waals surface area (Å²) >= 11 is 1.66. The van der Waals surface area contributed by atoms with Crippen molar-refractivity contribution in [3.8, 4) is 11.4 Å². The highest BCUT2D eigenvalue weighted by Crippen LogP contribution is 2.24. The second-order valence-electron chi connectivity index (χ2n) is 4.58. The Kier molecular flexibility index (Phi) is 3.27. The molecule has 0 saturated heterocycles. The monoisotopic (exact) mass is 274 g/mol. The van der Waals surface area contributed by atoms with E-state index in [1.807, 2.05) is 17.5 Å². The SMILES string of the molecule is CC(C)NCc1nc(-c2cnc3ccsc3c2)no1. The van der Waals surface area contributed by atoms with E-state index in [1.165, 1.54) is 0 Å². The molecule has 0 fully saturated rings. The van der Waals surface area contributed by atoms with E-state index in [0.29, 0.717) is 24.3 Å². The fourth-order valence-corrected chi connectivity index (χ4v) is 2.48. The van der Waals surface area contributed by atoms with E-state index >= 15 is 0 Å². The molecule has 5 nitrogen and oxygen atoms in total. The van der Waals surface area contributed by atoms with Gasteiger partial charge in [0, 0.05) is 17.8 Å². The van der Waals surface area contributed by atoms with Crippen molar-refractivity contribution in [1.82, 2.24) is 20.4 Å². The number of aromatic nitrogens is 3. The Morgan fingerprint density at radius 2 is 2.32 bits per heavy atom. The van der Waals surface area contributed by atoms with Crippen molar-refractivity contribution in [2.45, 2.75) is 26.4 Å². The number of pyridine rings is 1. The molecule has 0 unspecified atom stereocenters. The molecule has 0 atom stereocenters. The minimum atomic E-state index is 0.388. The van der Waals surface area contributed by atoms with Gasteiger partial charge in [-0.05, 0) is 17.5 Å². The zero-order valence-electron chi connectivity index (χ0n) is 10.8. The average molecular weight is 274 g/mol. The van der Waals surface area contributed by atoms with Crippen LogP contribution < -0.4 is 5.32 Å². The zero-order chi connectivity index (χ0) is 13.2. The molecule has 3 aromatic heterocycles. The molecule has 3 heterocycles. The standard InChI is InChI=1S/C13H14N4OS/c1-8(2)14-7-12-16-13(17-18-12)9-5-11-10(15-6-9)3-4-19-11/h3-6,8,14H,7H2,1-2H3. The first-order valence-electron chi connectivity index (χ1n) is 6.12. The third kappa shape index (κ3) is 2.64. The predicted molar refractivity (Wildman–Crippen MR) is 74.9 cm³/mol. The Balaban J connectivity index is 1.85. The maximum Gasteiger partial charge on any atom is 0.240 e. The number of thiophene rings is 1. The van der Waals surface area contributed by atoms with E-state index in [2.05, 4.69) is 34.3 Å². The summed E-state index contributed by atoms with van der Waals surface area (Å²) in [4.78, 5) is 8.74. The number of rotatable bonds is 4. The maximum absolute atomic E-state index is 5.22. The van der Waals surface area contributed by atoms with Crippen molar-refractivity contribution in [2.75, 3.05) is 0 Å². The second kappa shape index (κ2) is 5.07. The first-order valence-corrected chi connectivity index (χ1v) is 7.00. The van der Waals surface area contributed by atoms with Crippen LogP contribution in [-0.2, 0) is 6.54 Å². The largest absolute Gasteiger partial charge is 0.338 e. The first-order chi connectivity index (χ1) is 9.22. The summed E-state index contributed by atoms with van der Waals surface area (Å²) in [7, 11) is 0. The van der Waals surface area contributed by atoms with Gasteiger partial charge in [-0.15, -0.1) is 11.3 Å². The van der Waals surface area contributed by atoms with Crippen molar-refractivity contribution in [1.29, 1.82) is 0 Å². The van der Waals surface area contributed by atoms with Crippen LogP contribution in [0.1, 0.15) is 19.7 Å². The smallest absolute Gasteiger partial charge is 0.240 e. The van der Waals surface area contributed by atoms with Crippen LogP contribution in [0.2, 0.25) is 0 Å². The zero-order valence-corrected chi connectivity index (χ0v) is 11.6. The number of hydrogen-bond donors (Lipinski definition) is 1. The molecule has 0 aliphatic heterocycles. The number of nitrogens with one attached hydrogen (secondary N) is 1. The Hall–Kier alpha value is -1.79. The van der Waals surface area contributed by atoms with Crippen LogP contribution >= 0.6 is 11.3 Å². The average Bonchev–Trinajstić information content (AvgIpc) is 3.04. The van der Waals surface area contributed by atoms with Crippen molar-refractivity contribution >= 4 is 21.6 Å². The molecule has 0 saturated carbocycles. The fourth-order valence-electron chi connectivity index (χ4n) is 1.70. The maximum atomic E-state index is 5.22. The quantitative estimate of drug-likeness (QED) is 0.792. The fraction of sp³-hybridized carbons (Fsp3) is 0.308. The van der Waals surface area contributed by atoms with Crippen LogP contribution in [0.5, 0.6) is 0 Å². The third-order valence-corrected chi connectivity index (χ3v) is 3.54. The molecule has 6 heteroatoms. The van der Waals surface area contributed by atoms with Crippen molar-refractivity contribution < 1.29 is 4.52 Å². The van der Waals surface area contributed by atoms with E-state index in [4.69, 9.17) is 4.52 Å². The van der Waals surface area contributed by atoms with Gasteiger partial charge < -0.3 is 9.84 Å². The van der Waals surface area contributed by atoms with Gasteiger partial charge in [0.15, 0.2) is 0 Å². The molecule has 98 valence electrons. The lowest BCUT2D eigenvalue weighted by Gasteiger charge is -2.02. The minimum absolute atomic E-state index is 0.388. The van der Waals surface area contributed by atoms with Gasteiger partial charge in [0.05, 0.1) is 16.8 Å². The molecular weight excluding hydrogens is 260 g/mol. The summed E-state index contributed by atoms with van der Waals surface area (Å²) in [6.45, 7) is 4.73. The van der Waals surface area contributed by atoms with Gasteiger partial charge in [-0.2, -0.15) is 4.98 Å². The normalized spacial score (nSPS) is 11.5. The number of fused-ring (bicyclic) bond motifs is 1. The van der Waals surface area contributed by atoms with E-state index in [1.54, 1.807) is 17.5 Å². The summed E-state index contributed by atoms with van der Waals surface area (Å²) in [6, 6.07) is 4.43. The Bertz CT molecular complexity index is 689. The van der Waals surface area contributed by atoms with Crippen LogP contribution in [0.3, 0.4) is 0 Å². The molecule has 19 heavy (non-hydrogen) atoms. The van der Waals surface area contributed by atoms with Crippen LogP contribution in [0, 0.1) is 0 Å². The summed E-state index contributed by atoms with van der Waals surface area (Å²) in [5.74, 6) is 1.18. The van der Waals surface area contributed by atoms with Gasteiger partial charge in [0.25, 0.3) is 0 Å². The van der Waals surface area contributed by atoms with E-state index in [9.17, 15) is 0 Å². The predicted octanol–water partition coefficient (Wildman–Crippen LogP) is 2.84. The lowest BCUT2D eigenvalue weighted by atomic mass is 10.2. The Labute approximate surface area is 114 Å². The van der Waals surface area contributed by atoms with Gasteiger partial charge in [-0.3, -0.25) is 4.98 Å². The molecular formula is C13H14N4OS. The van der Waals surface area contributed by atoms with E-state index in [-0.39, 0.29) is 0 Å². The highest BCUT2D eigenvalue weighted by Gasteiger charge is 2.10. The molecule has 0 bridgehead atoms. The van der Waals surface area contributed by atoms with E-state index in [0.717, 1.165) is 15.8 Å². The van der Waals surface area contributed by atoms with Crippen molar-refractivity contribution in [2.24, 2.45) is 0 Å². The summed E-state index contributed by atoms with van der Waals surface area (Å²) in [5, 5.41) is 9.26. The van der Waals surface area contributed by atoms with Crippen molar-refractivity contribution in [3.63, 3.8) is 0 Å². The number of hydrogen-bond acceptors (Lipinski definition) is 6. The van der Waals surface area contributed by atoms with Crippen molar-refractivity contribution in [3.05, 3.63) is 29.6 Å². The lowest BCUT2D eigenvalue weighted by molar-refractivity contribution is 0.362. The van der Waals surface area contributed by atoms with Crippen LogP contribution in [-0.4, -0.2) is 21.2 Å². The van der Waals surface area contributed by atoms with Crippen LogP contribution in [0.4, 0.5) is 0 Å². The molecule has 0 aliphatic carbocycles. The Morgan fingerprint density at radius 1 is 1.42 bits per heavy atom. The molecule has 0 spiro atoms. The van der Waals surface area contributed by atoms with Gasteiger partial charge in [-0.25, -0.2) is 0 Å². The second-order valence-corrected chi connectivity index (χ2v) is 5.52. The molecule has 3 aromatic rings. The molecule has 0 amide bonds. The Morgan fingerprint density at radius 3 is 3.16 bits per heavy atom. The van der Waals surface area contributed by atoms with Gasteiger partial charge >= 0.3 is 0 Å². The first kappa shape index (κ1) is 12.3. The summed E-state index contributed by atoms with van der Waals surface area (Å²) in [6.07, 6.45) is 1.78. The van der Waals surface area contributed by atoms with Gasteiger partial charge in [-0.1, -0.05) is 19.0 Å². The van der Waals surface area contributed by atoms with Gasteiger partial charge in [0.1, 0.15) is 0 Å². The van der Waals surface area contributed by atoms with Crippen LogP contribution in [0.25, 0.3) is 21.6 Å². The molecule has 3 rings (SSSR count). The van der Waals surface area contributed by atoms with Gasteiger partial charge in [0.2, 0.25) is 11.7 Å². The molecule has 0 aromatic carbocycles. The highest BCUT2D eigenvalue weighted by atomic mass is 32.1. The lowest BCUT2D eigenvalue weighted by Crippen LogP contribution is -2.21.